The van der Waals surface area contributed by atoms with Crippen molar-refractivity contribution in [2.45, 2.75) is 26.1 Å². The monoisotopic (exact) mass is 569 g/mol. The summed E-state index contributed by atoms with van der Waals surface area (Å²) in [7, 11) is 0. The molecule has 3 rings (SSSR count). The normalized spacial score (nSPS) is 11.4. The molecule has 132 valence electrons. The Bertz CT molecular complexity index is 891. The first-order valence-electron chi connectivity index (χ1n) is 7.65. The van der Waals surface area contributed by atoms with Crippen LogP contribution >= 0.6 is 22.6 Å². The molecule has 0 aliphatic rings. The van der Waals surface area contributed by atoms with E-state index < -0.39 is 11.7 Å². The highest BCUT2D eigenvalue weighted by Gasteiger charge is 2.31. The van der Waals surface area contributed by atoms with E-state index in [1.807, 2.05) is 29.0 Å². The molecule has 1 aromatic heterocycles. The van der Waals surface area contributed by atoms with Crippen molar-refractivity contribution in [3.8, 4) is 0 Å². The Morgan fingerprint density at radius 2 is 1.72 bits per heavy atom. The lowest BCUT2D eigenvalue weighted by molar-refractivity contribution is -0.662. The first-order valence-corrected chi connectivity index (χ1v) is 8.73. The number of fused-ring (bicyclic) bond motifs is 1. The number of nitrogens with zero attached hydrogens (tertiary/aromatic N) is 1. The van der Waals surface area contributed by atoms with Crippen molar-refractivity contribution >= 4 is 33.5 Å². The highest BCUT2D eigenvalue weighted by atomic mass is 127. The largest absolute Gasteiger partial charge is 1.00 e. The van der Waals surface area contributed by atoms with Crippen LogP contribution in [-0.4, -0.2) is 0 Å². The summed E-state index contributed by atoms with van der Waals surface area (Å²) in [5.74, 6) is 0. The van der Waals surface area contributed by atoms with Crippen molar-refractivity contribution in [3.05, 3.63) is 75.0 Å². The average molecular weight is 569 g/mol. The lowest BCUT2D eigenvalue weighted by Gasteiger charge is -2.09. The van der Waals surface area contributed by atoms with Gasteiger partial charge in [0.25, 0.3) is 0 Å². The summed E-state index contributed by atoms with van der Waals surface area (Å²) in [5.41, 5.74) is 2.28. The molecule has 0 aliphatic carbocycles. The van der Waals surface area contributed by atoms with Crippen LogP contribution in [0.15, 0.2) is 54.7 Å². The van der Waals surface area contributed by atoms with Gasteiger partial charge in [-0.25, -0.2) is 0 Å². The van der Waals surface area contributed by atoms with E-state index in [2.05, 4.69) is 41.6 Å². The number of hydrogen-bond acceptors (Lipinski definition) is 0. The van der Waals surface area contributed by atoms with Gasteiger partial charge in [-0.05, 0) is 52.8 Å². The van der Waals surface area contributed by atoms with Gasteiger partial charge in [0.2, 0.25) is 5.52 Å². The van der Waals surface area contributed by atoms with Gasteiger partial charge in [-0.2, -0.15) is 17.7 Å². The van der Waals surface area contributed by atoms with Crippen molar-refractivity contribution in [1.82, 2.24) is 0 Å². The summed E-state index contributed by atoms with van der Waals surface area (Å²) < 4.78 is 42.0. The standard InChI is InChI=1S/C19H16F3IN.HI/c1-2-13-4-3-5-14(10-13)12-24-9-8-17(23)16-7-6-15(11-18(16)24)19(20,21)22;/h3-11H,2,12H2,1H3;1H/q+1;/p-1. The molecule has 0 radical (unpaired) electrons. The lowest BCUT2D eigenvalue weighted by atomic mass is 10.1. The Morgan fingerprint density at radius 1 is 1.00 bits per heavy atom. The molecule has 0 fully saturated rings. The smallest absolute Gasteiger partial charge is 0.416 e. The predicted molar refractivity (Wildman–Crippen MR) is 96.8 cm³/mol. The Hall–Kier alpha value is -0.900. The van der Waals surface area contributed by atoms with Crippen molar-refractivity contribution < 1.29 is 41.7 Å². The van der Waals surface area contributed by atoms with E-state index in [9.17, 15) is 13.2 Å². The van der Waals surface area contributed by atoms with Crippen LogP contribution in [0.4, 0.5) is 13.2 Å². The van der Waals surface area contributed by atoms with Crippen molar-refractivity contribution in [2.24, 2.45) is 0 Å². The molecule has 0 saturated carbocycles. The van der Waals surface area contributed by atoms with E-state index >= 15 is 0 Å². The highest BCUT2D eigenvalue weighted by Crippen LogP contribution is 2.31. The zero-order valence-electron chi connectivity index (χ0n) is 13.4. The van der Waals surface area contributed by atoms with E-state index in [1.165, 1.54) is 11.6 Å². The van der Waals surface area contributed by atoms with Gasteiger partial charge >= 0.3 is 6.18 Å². The third kappa shape index (κ3) is 4.64. The molecule has 0 spiro atoms. The first-order chi connectivity index (χ1) is 11.4. The van der Waals surface area contributed by atoms with Crippen LogP contribution < -0.4 is 28.5 Å². The third-order valence-electron chi connectivity index (χ3n) is 4.05. The Morgan fingerprint density at radius 3 is 2.40 bits per heavy atom. The maximum Gasteiger partial charge on any atom is 0.416 e. The van der Waals surface area contributed by atoms with Crippen molar-refractivity contribution in [2.75, 3.05) is 0 Å². The van der Waals surface area contributed by atoms with Gasteiger partial charge in [-0.15, -0.1) is 0 Å². The minimum Gasteiger partial charge on any atom is -1.00 e. The summed E-state index contributed by atoms with van der Waals surface area (Å²) in [6, 6.07) is 14.0. The van der Waals surface area contributed by atoms with Gasteiger partial charge < -0.3 is 24.0 Å². The number of pyridine rings is 1. The van der Waals surface area contributed by atoms with Crippen LogP contribution in [-0.2, 0) is 19.1 Å². The highest BCUT2D eigenvalue weighted by molar-refractivity contribution is 14.1. The topological polar surface area (TPSA) is 3.88 Å². The molecule has 0 unspecified atom stereocenters. The fourth-order valence-corrected chi connectivity index (χ4v) is 3.37. The second-order valence-corrected chi connectivity index (χ2v) is 6.86. The molecular weight excluding hydrogens is 553 g/mol. The second-order valence-electron chi connectivity index (χ2n) is 5.69. The van der Waals surface area contributed by atoms with E-state index in [0.29, 0.717) is 12.1 Å². The second kappa shape index (κ2) is 8.20. The zero-order chi connectivity index (χ0) is 17.3. The Labute approximate surface area is 175 Å². The molecule has 3 aromatic rings. The number of alkyl halides is 3. The predicted octanol–water partition coefficient (Wildman–Crippen LogP) is 2.37. The van der Waals surface area contributed by atoms with Crippen LogP contribution in [0.25, 0.3) is 10.9 Å². The molecule has 0 N–H and O–H groups in total. The molecule has 0 aliphatic heterocycles. The summed E-state index contributed by atoms with van der Waals surface area (Å²) in [6.07, 6.45) is -1.55. The number of aryl methyl sites for hydroxylation is 1. The summed E-state index contributed by atoms with van der Waals surface area (Å²) in [5, 5.41) is 0.831. The number of aromatic nitrogens is 1. The van der Waals surface area contributed by atoms with Gasteiger partial charge in [-0.3, -0.25) is 0 Å². The van der Waals surface area contributed by atoms with Crippen LogP contribution in [0.3, 0.4) is 0 Å². The summed E-state index contributed by atoms with van der Waals surface area (Å²) in [6.45, 7) is 2.63. The van der Waals surface area contributed by atoms with Crippen LogP contribution in [0.1, 0.15) is 23.6 Å². The van der Waals surface area contributed by atoms with Gasteiger partial charge in [0.15, 0.2) is 12.7 Å². The van der Waals surface area contributed by atoms with E-state index in [-0.39, 0.29) is 24.0 Å². The molecule has 6 heteroatoms. The molecule has 2 aromatic carbocycles. The Balaban J connectivity index is 0.00000225. The maximum atomic E-state index is 13.1. The van der Waals surface area contributed by atoms with Crippen LogP contribution in [0, 0.1) is 3.57 Å². The summed E-state index contributed by atoms with van der Waals surface area (Å²) in [4.78, 5) is 0. The van der Waals surface area contributed by atoms with Gasteiger partial charge in [0.05, 0.1) is 10.9 Å². The summed E-state index contributed by atoms with van der Waals surface area (Å²) >= 11 is 2.16. The van der Waals surface area contributed by atoms with Gasteiger partial charge in [0, 0.05) is 21.3 Å². The van der Waals surface area contributed by atoms with E-state index in [1.54, 1.807) is 6.07 Å². The molecule has 1 nitrogen and oxygen atoms in total. The number of rotatable bonds is 3. The number of benzene rings is 2. The zero-order valence-corrected chi connectivity index (χ0v) is 17.8. The van der Waals surface area contributed by atoms with Crippen LogP contribution in [0.5, 0.6) is 0 Å². The molecule has 25 heavy (non-hydrogen) atoms. The average Bonchev–Trinajstić information content (AvgIpc) is 2.56. The number of halogens is 5. The van der Waals surface area contributed by atoms with Crippen molar-refractivity contribution in [3.63, 3.8) is 0 Å². The minimum atomic E-state index is -4.34. The lowest BCUT2D eigenvalue weighted by Crippen LogP contribution is -3.00. The van der Waals surface area contributed by atoms with Crippen molar-refractivity contribution in [1.29, 1.82) is 0 Å². The number of hydrogen-bond donors (Lipinski definition) is 0. The molecule has 0 atom stereocenters. The molecule has 0 saturated heterocycles. The maximum absolute atomic E-state index is 13.1. The quantitative estimate of drug-likeness (QED) is 0.337. The first kappa shape index (κ1) is 20.4. The van der Waals surface area contributed by atoms with E-state index in [0.717, 1.165) is 27.0 Å². The van der Waals surface area contributed by atoms with E-state index in [4.69, 9.17) is 0 Å². The molecular formula is C19H16F3I2N. The molecule has 0 amide bonds. The van der Waals surface area contributed by atoms with Crippen LogP contribution in [0.2, 0.25) is 0 Å². The Kier molecular flexibility index (Phi) is 6.69. The van der Waals surface area contributed by atoms with Gasteiger partial charge in [-0.1, -0.05) is 25.1 Å². The molecule has 0 bridgehead atoms. The SMILES string of the molecule is CCc1cccc(C[n+]2ccc(I)c3ccc(C(F)(F)F)cc32)c1.[I-]. The fourth-order valence-electron chi connectivity index (χ4n) is 2.76. The fraction of sp³-hybridized carbons (Fsp3) is 0.211. The van der Waals surface area contributed by atoms with Gasteiger partial charge in [0.1, 0.15) is 0 Å². The molecule has 1 heterocycles. The third-order valence-corrected chi connectivity index (χ3v) is 4.99. The minimum absolute atomic E-state index is 0.